The summed E-state index contributed by atoms with van der Waals surface area (Å²) in [6.45, 7) is 0.941. The second kappa shape index (κ2) is 6.20. The number of likely N-dealkylation sites (tertiary alicyclic amines) is 1. The van der Waals surface area contributed by atoms with Crippen molar-refractivity contribution in [2.45, 2.75) is 18.9 Å². The van der Waals surface area contributed by atoms with Gasteiger partial charge in [-0.1, -0.05) is 12.1 Å². The number of benzene rings is 1. The van der Waals surface area contributed by atoms with Crippen LogP contribution in [0.4, 0.5) is 5.69 Å². The largest absolute Gasteiger partial charge is 0.353 e. The molecule has 0 aliphatic carbocycles. The fraction of sp³-hybridized carbons (Fsp3) is 0.294. The smallest absolute Gasteiger partial charge is 0.174 e. The third kappa shape index (κ3) is 2.70. The molecule has 0 amide bonds. The van der Waals surface area contributed by atoms with E-state index in [4.69, 9.17) is 12.2 Å². The van der Waals surface area contributed by atoms with Crippen LogP contribution in [0, 0.1) is 11.3 Å². The molecule has 0 radical (unpaired) electrons. The Morgan fingerprint density at radius 1 is 1.32 bits per heavy atom. The molecule has 112 valence electrons. The van der Waals surface area contributed by atoms with Crippen molar-refractivity contribution in [1.29, 1.82) is 5.26 Å². The van der Waals surface area contributed by atoms with Crippen molar-refractivity contribution in [1.82, 2.24) is 9.47 Å². The van der Waals surface area contributed by atoms with Crippen molar-refractivity contribution < 1.29 is 0 Å². The standard InChI is InChI=1S/C17H18N4S/c1-20-10-4-8-15(20)16-9-5-11-21(16)17(22)19-14-7-3-2-6-13(14)12-18/h2-4,6-8,10,16H,5,9,11H2,1H3,(H,19,22)/t16-/m0/s1. The fourth-order valence-electron chi connectivity index (χ4n) is 3.01. The molecule has 1 aliphatic heterocycles. The highest BCUT2D eigenvalue weighted by molar-refractivity contribution is 7.80. The molecule has 0 saturated carbocycles. The summed E-state index contributed by atoms with van der Waals surface area (Å²) in [4.78, 5) is 2.22. The lowest BCUT2D eigenvalue weighted by Gasteiger charge is -2.28. The van der Waals surface area contributed by atoms with Gasteiger partial charge in [-0.05, 0) is 49.3 Å². The lowest BCUT2D eigenvalue weighted by molar-refractivity contribution is 0.391. The van der Waals surface area contributed by atoms with Gasteiger partial charge < -0.3 is 14.8 Å². The van der Waals surface area contributed by atoms with Crippen molar-refractivity contribution >= 4 is 23.0 Å². The van der Waals surface area contributed by atoms with Gasteiger partial charge in [0.15, 0.2) is 5.11 Å². The first-order valence-electron chi connectivity index (χ1n) is 7.38. The number of aryl methyl sites for hydroxylation is 1. The highest BCUT2D eigenvalue weighted by Crippen LogP contribution is 2.32. The molecule has 5 heteroatoms. The van der Waals surface area contributed by atoms with E-state index in [0.717, 1.165) is 25.1 Å². The molecular weight excluding hydrogens is 292 g/mol. The molecule has 2 aromatic rings. The van der Waals surface area contributed by atoms with Crippen LogP contribution in [-0.2, 0) is 7.05 Å². The number of thiocarbonyl (C=S) groups is 1. The third-order valence-electron chi connectivity index (χ3n) is 4.13. The van der Waals surface area contributed by atoms with E-state index in [1.54, 1.807) is 6.07 Å². The summed E-state index contributed by atoms with van der Waals surface area (Å²) in [7, 11) is 2.06. The van der Waals surface area contributed by atoms with Crippen LogP contribution in [0.15, 0.2) is 42.6 Å². The number of hydrogen-bond acceptors (Lipinski definition) is 2. The number of para-hydroxylation sites is 1. The third-order valence-corrected chi connectivity index (χ3v) is 4.46. The van der Waals surface area contributed by atoms with Crippen LogP contribution < -0.4 is 5.32 Å². The molecule has 4 nitrogen and oxygen atoms in total. The van der Waals surface area contributed by atoms with Crippen LogP contribution in [-0.4, -0.2) is 21.1 Å². The van der Waals surface area contributed by atoms with Gasteiger partial charge in [0.25, 0.3) is 0 Å². The van der Waals surface area contributed by atoms with Crippen LogP contribution in [0.1, 0.15) is 30.1 Å². The summed E-state index contributed by atoms with van der Waals surface area (Å²) in [6, 6.07) is 14.2. The molecule has 0 spiro atoms. The van der Waals surface area contributed by atoms with Crippen LogP contribution >= 0.6 is 12.2 Å². The van der Waals surface area contributed by atoms with E-state index >= 15 is 0 Å². The molecule has 22 heavy (non-hydrogen) atoms. The second-order valence-electron chi connectivity index (χ2n) is 5.48. The number of hydrogen-bond donors (Lipinski definition) is 1. The Kier molecular flexibility index (Phi) is 4.12. The normalized spacial score (nSPS) is 17.3. The number of aromatic nitrogens is 1. The van der Waals surface area contributed by atoms with E-state index < -0.39 is 0 Å². The second-order valence-corrected chi connectivity index (χ2v) is 5.87. The maximum absolute atomic E-state index is 9.19. The van der Waals surface area contributed by atoms with Crippen molar-refractivity contribution in [2.75, 3.05) is 11.9 Å². The minimum Gasteiger partial charge on any atom is -0.353 e. The number of rotatable bonds is 2. The Morgan fingerprint density at radius 2 is 2.14 bits per heavy atom. The molecule has 1 aliphatic rings. The van der Waals surface area contributed by atoms with E-state index in [2.05, 4.69) is 46.2 Å². The molecule has 0 bridgehead atoms. The van der Waals surface area contributed by atoms with Crippen LogP contribution in [0.2, 0.25) is 0 Å². The zero-order valence-electron chi connectivity index (χ0n) is 12.5. The first-order chi connectivity index (χ1) is 10.7. The first kappa shape index (κ1) is 14.6. The first-order valence-corrected chi connectivity index (χ1v) is 7.79. The number of nitrogens with one attached hydrogen (secondary N) is 1. The highest BCUT2D eigenvalue weighted by Gasteiger charge is 2.29. The van der Waals surface area contributed by atoms with Crippen molar-refractivity contribution in [3.05, 3.63) is 53.9 Å². The van der Waals surface area contributed by atoms with E-state index in [1.807, 2.05) is 18.2 Å². The van der Waals surface area contributed by atoms with Gasteiger partial charge in [0.1, 0.15) is 6.07 Å². The summed E-state index contributed by atoms with van der Waals surface area (Å²) < 4.78 is 2.15. The van der Waals surface area contributed by atoms with E-state index in [9.17, 15) is 5.26 Å². The molecule has 3 rings (SSSR count). The topological polar surface area (TPSA) is 44.0 Å². The van der Waals surface area contributed by atoms with Crippen molar-refractivity contribution in [2.24, 2.45) is 7.05 Å². The van der Waals surface area contributed by atoms with Crippen molar-refractivity contribution in [3.63, 3.8) is 0 Å². The molecule has 1 fully saturated rings. The molecule has 1 atom stereocenters. The predicted octanol–water partition coefficient (Wildman–Crippen LogP) is 3.43. The van der Waals surface area contributed by atoms with Crippen LogP contribution in [0.5, 0.6) is 0 Å². The van der Waals surface area contributed by atoms with Gasteiger partial charge in [-0.15, -0.1) is 0 Å². The van der Waals surface area contributed by atoms with E-state index in [-0.39, 0.29) is 0 Å². The Balaban J connectivity index is 1.80. The molecular formula is C17H18N4S. The molecule has 1 N–H and O–H groups in total. The summed E-state index contributed by atoms with van der Waals surface area (Å²) in [5, 5.41) is 13.1. The van der Waals surface area contributed by atoms with Crippen molar-refractivity contribution in [3.8, 4) is 6.07 Å². The maximum atomic E-state index is 9.19. The Bertz CT molecular complexity index is 728. The number of nitrogens with zero attached hydrogens (tertiary/aromatic N) is 3. The van der Waals surface area contributed by atoms with Gasteiger partial charge in [-0.3, -0.25) is 0 Å². The van der Waals surface area contributed by atoms with Gasteiger partial charge in [0.2, 0.25) is 0 Å². The Labute approximate surface area is 136 Å². The van der Waals surface area contributed by atoms with Gasteiger partial charge >= 0.3 is 0 Å². The van der Waals surface area contributed by atoms with Gasteiger partial charge in [0, 0.05) is 25.5 Å². The van der Waals surface area contributed by atoms with Gasteiger partial charge in [-0.25, -0.2) is 0 Å². The zero-order valence-corrected chi connectivity index (χ0v) is 13.3. The highest BCUT2D eigenvalue weighted by atomic mass is 32.1. The Hall–Kier alpha value is -2.32. The molecule has 1 aromatic carbocycles. The fourth-order valence-corrected chi connectivity index (χ4v) is 3.34. The minimum absolute atomic E-state index is 0.300. The van der Waals surface area contributed by atoms with Crippen LogP contribution in [0.3, 0.4) is 0 Å². The summed E-state index contributed by atoms with van der Waals surface area (Å²) in [5.41, 5.74) is 2.65. The van der Waals surface area contributed by atoms with Gasteiger partial charge in [0.05, 0.1) is 17.3 Å². The monoisotopic (exact) mass is 310 g/mol. The lowest BCUT2D eigenvalue weighted by Crippen LogP contribution is -2.35. The summed E-state index contributed by atoms with van der Waals surface area (Å²) in [6.07, 6.45) is 4.28. The molecule has 1 aromatic heterocycles. The SMILES string of the molecule is Cn1cccc1[C@@H]1CCCN1C(=S)Nc1ccccc1C#N. The molecule has 0 unspecified atom stereocenters. The summed E-state index contributed by atoms with van der Waals surface area (Å²) in [5.74, 6) is 0. The minimum atomic E-state index is 0.300. The Morgan fingerprint density at radius 3 is 2.86 bits per heavy atom. The van der Waals surface area contributed by atoms with Crippen LogP contribution in [0.25, 0.3) is 0 Å². The number of anilines is 1. The number of nitriles is 1. The maximum Gasteiger partial charge on any atom is 0.174 e. The molecule has 2 heterocycles. The molecule has 1 saturated heterocycles. The predicted molar refractivity (Wildman–Crippen MR) is 91.5 cm³/mol. The average Bonchev–Trinajstić information content (AvgIpc) is 3.16. The quantitative estimate of drug-likeness (QED) is 0.863. The average molecular weight is 310 g/mol. The van der Waals surface area contributed by atoms with E-state index in [1.165, 1.54) is 5.69 Å². The summed E-state index contributed by atoms with van der Waals surface area (Å²) >= 11 is 5.59. The lowest BCUT2D eigenvalue weighted by atomic mass is 10.1. The zero-order chi connectivity index (χ0) is 15.5. The van der Waals surface area contributed by atoms with Gasteiger partial charge in [-0.2, -0.15) is 5.26 Å². The van der Waals surface area contributed by atoms with E-state index in [0.29, 0.717) is 16.7 Å².